The number of fused-ring (bicyclic) bond motifs is 1. The Balaban J connectivity index is 1.43. The second-order valence-electron chi connectivity index (χ2n) is 6.53. The largest absolute Gasteiger partial charge is 0.482 e. The minimum absolute atomic E-state index is 0.0601. The van der Waals surface area contributed by atoms with Crippen LogP contribution in [-0.4, -0.2) is 42.1 Å². The van der Waals surface area contributed by atoms with Crippen LogP contribution in [0, 0.1) is 0 Å². The molecule has 2 amide bonds. The number of amides is 2. The smallest absolute Gasteiger partial charge is 0.265 e. The van der Waals surface area contributed by atoms with Gasteiger partial charge < -0.3 is 14.2 Å². The highest BCUT2D eigenvalue weighted by Crippen LogP contribution is 2.31. The van der Waals surface area contributed by atoms with Crippen molar-refractivity contribution in [3.63, 3.8) is 0 Å². The maximum Gasteiger partial charge on any atom is 0.265 e. The van der Waals surface area contributed by atoms with Crippen molar-refractivity contribution in [3.05, 3.63) is 66.4 Å². The molecule has 0 atom stereocenters. The molecule has 0 bridgehead atoms. The van der Waals surface area contributed by atoms with E-state index in [2.05, 4.69) is 5.16 Å². The summed E-state index contributed by atoms with van der Waals surface area (Å²) in [5, 5.41) is 4.06. The quantitative estimate of drug-likeness (QED) is 0.683. The number of benzene rings is 2. The van der Waals surface area contributed by atoms with E-state index in [1.165, 1.54) is 9.80 Å². The number of anilines is 1. The summed E-state index contributed by atoms with van der Waals surface area (Å²) in [5.41, 5.74) is 2.27. The average molecular weight is 377 g/mol. The first-order valence-electron chi connectivity index (χ1n) is 8.89. The van der Waals surface area contributed by atoms with E-state index in [0.29, 0.717) is 22.9 Å². The molecule has 1 aromatic heterocycles. The van der Waals surface area contributed by atoms with E-state index in [-0.39, 0.29) is 31.5 Å². The summed E-state index contributed by atoms with van der Waals surface area (Å²) in [6.07, 6.45) is 0. The molecule has 0 saturated carbocycles. The molecule has 3 aromatic rings. The lowest BCUT2D eigenvalue weighted by atomic mass is 10.1. The Labute approximate surface area is 162 Å². The zero-order valence-corrected chi connectivity index (χ0v) is 15.4. The van der Waals surface area contributed by atoms with Crippen LogP contribution < -0.4 is 9.64 Å². The number of carbonyl (C=O) groups is 2. The third kappa shape index (κ3) is 3.59. The Morgan fingerprint density at radius 1 is 1.14 bits per heavy atom. The number of nitrogens with zero attached hydrogens (tertiary/aromatic N) is 3. The van der Waals surface area contributed by atoms with Crippen molar-refractivity contribution in [1.29, 1.82) is 0 Å². The monoisotopic (exact) mass is 377 g/mol. The van der Waals surface area contributed by atoms with Gasteiger partial charge in [-0.15, -0.1) is 0 Å². The van der Waals surface area contributed by atoms with Crippen molar-refractivity contribution in [1.82, 2.24) is 10.1 Å². The van der Waals surface area contributed by atoms with Gasteiger partial charge in [0.15, 0.2) is 12.4 Å². The zero-order chi connectivity index (χ0) is 19.5. The second-order valence-corrected chi connectivity index (χ2v) is 6.53. The van der Waals surface area contributed by atoms with E-state index >= 15 is 0 Å². The highest BCUT2D eigenvalue weighted by Gasteiger charge is 2.28. The minimum atomic E-state index is -0.244. The SMILES string of the molecule is CN(Cc1cc(-c2ccccc2)no1)C(=O)CN1C(=O)COc2ccccc21. The molecule has 1 aliphatic rings. The predicted octanol–water partition coefficient (Wildman–Crippen LogP) is 2.73. The lowest BCUT2D eigenvalue weighted by Crippen LogP contribution is -2.45. The Kier molecular flexibility index (Phi) is 4.80. The van der Waals surface area contributed by atoms with Crippen molar-refractivity contribution >= 4 is 17.5 Å². The van der Waals surface area contributed by atoms with Crippen molar-refractivity contribution < 1.29 is 18.8 Å². The van der Waals surface area contributed by atoms with E-state index < -0.39 is 0 Å². The van der Waals surface area contributed by atoms with E-state index in [4.69, 9.17) is 9.26 Å². The number of hydrogen-bond acceptors (Lipinski definition) is 5. The minimum Gasteiger partial charge on any atom is -0.482 e. The Bertz CT molecular complexity index is 1000. The van der Waals surface area contributed by atoms with Crippen LogP contribution in [0.25, 0.3) is 11.3 Å². The normalized spacial score (nSPS) is 13.0. The Morgan fingerprint density at radius 3 is 2.71 bits per heavy atom. The maximum absolute atomic E-state index is 12.7. The van der Waals surface area contributed by atoms with Gasteiger partial charge in [0, 0.05) is 18.7 Å². The van der Waals surface area contributed by atoms with Crippen LogP contribution in [0.4, 0.5) is 5.69 Å². The van der Waals surface area contributed by atoms with E-state index in [1.54, 1.807) is 19.2 Å². The lowest BCUT2D eigenvalue weighted by molar-refractivity contribution is -0.131. The molecule has 0 aliphatic carbocycles. The van der Waals surface area contributed by atoms with E-state index in [0.717, 1.165) is 5.56 Å². The first kappa shape index (κ1) is 17.8. The van der Waals surface area contributed by atoms with Crippen LogP contribution in [0.5, 0.6) is 5.75 Å². The molecule has 4 rings (SSSR count). The van der Waals surface area contributed by atoms with Gasteiger partial charge in [0.1, 0.15) is 18.0 Å². The van der Waals surface area contributed by atoms with Crippen molar-refractivity contribution in [2.24, 2.45) is 0 Å². The predicted molar refractivity (Wildman–Crippen MR) is 103 cm³/mol. The molecule has 7 heteroatoms. The highest BCUT2D eigenvalue weighted by atomic mass is 16.5. The van der Waals surface area contributed by atoms with Gasteiger partial charge in [-0.05, 0) is 12.1 Å². The van der Waals surface area contributed by atoms with E-state index in [9.17, 15) is 9.59 Å². The van der Waals surface area contributed by atoms with Gasteiger partial charge in [-0.3, -0.25) is 14.5 Å². The molecule has 0 unspecified atom stereocenters. The number of ether oxygens (including phenoxy) is 1. The summed E-state index contributed by atoms with van der Waals surface area (Å²) in [4.78, 5) is 27.9. The summed E-state index contributed by atoms with van der Waals surface area (Å²) in [6.45, 7) is 0.130. The first-order valence-corrected chi connectivity index (χ1v) is 8.89. The average Bonchev–Trinajstić information content (AvgIpc) is 3.19. The van der Waals surface area contributed by atoms with Gasteiger partial charge in [0.05, 0.1) is 12.2 Å². The van der Waals surface area contributed by atoms with Gasteiger partial charge >= 0.3 is 0 Å². The van der Waals surface area contributed by atoms with Gasteiger partial charge in [-0.1, -0.05) is 47.6 Å². The molecule has 1 aliphatic heterocycles. The van der Waals surface area contributed by atoms with Crippen LogP contribution in [0.2, 0.25) is 0 Å². The summed E-state index contributed by atoms with van der Waals surface area (Å²) in [7, 11) is 1.67. The maximum atomic E-state index is 12.7. The Hall–Kier alpha value is -3.61. The molecular weight excluding hydrogens is 358 g/mol. The van der Waals surface area contributed by atoms with Crippen LogP contribution in [-0.2, 0) is 16.1 Å². The molecule has 0 saturated heterocycles. The highest BCUT2D eigenvalue weighted by molar-refractivity contribution is 6.02. The van der Waals surface area contributed by atoms with E-state index in [1.807, 2.05) is 48.5 Å². The van der Waals surface area contributed by atoms with Crippen molar-refractivity contribution in [2.45, 2.75) is 6.54 Å². The number of rotatable bonds is 5. The molecule has 0 N–H and O–H groups in total. The number of likely N-dealkylation sites (N-methyl/N-ethyl adjacent to an activating group) is 1. The van der Waals surface area contributed by atoms with Gasteiger partial charge in [0.25, 0.3) is 5.91 Å². The molecule has 142 valence electrons. The number of para-hydroxylation sites is 2. The molecule has 2 heterocycles. The Morgan fingerprint density at radius 2 is 1.89 bits per heavy atom. The third-order valence-electron chi connectivity index (χ3n) is 4.55. The number of carbonyl (C=O) groups excluding carboxylic acids is 2. The van der Waals surface area contributed by atoms with Gasteiger partial charge in [0.2, 0.25) is 5.91 Å². The van der Waals surface area contributed by atoms with Crippen molar-refractivity contribution in [2.75, 3.05) is 25.1 Å². The molecular formula is C21H19N3O4. The zero-order valence-electron chi connectivity index (χ0n) is 15.4. The molecule has 0 spiro atoms. The summed E-state index contributed by atoms with van der Waals surface area (Å²) < 4.78 is 10.8. The summed E-state index contributed by atoms with van der Waals surface area (Å²) in [5.74, 6) is 0.720. The molecule has 0 fully saturated rings. The third-order valence-corrected chi connectivity index (χ3v) is 4.55. The molecule has 2 aromatic carbocycles. The van der Waals surface area contributed by atoms with Crippen LogP contribution in [0.1, 0.15) is 5.76 Å². The fourth-order valence-electron chi connectivity index (χ4n) is 3.04. The fourth-order valence-corrected chi connectivity index (χ4v) is 3.04. The number of aromatic nitrogens is 1. The molecule has 7 nitrogen and oxygen atoms in total. The summed E-state index contributed by atoms with van der Waals surface area (Å²) in [6, 6.07) is 18.7. The van der Waals surface area contributed by atoms with Crippen molar-refractivity contribution in [3.8, 4) is 17.0 Å². The first-order chi connectivity index (χ1) is 13.6. The lowest BCUT2D eigenvalue weighted by Gasteiger charge is -2.30. The number of hydrogen-bond donors (Lipinski definition) is 0. The van der Waals surface area contributed by atoms with Crippen LogP contribution in [0.15, 0.2) is 65.2 Å². The topological polar surface area (TPSA) is 75.9 Å². The molecule has 28 heavy (non-hydrogen) atoms. The van der Waals surface area contributed by atoms with Gasteiger partial charge in [-0.2, -0.15) is 0 Å². The fraction of sp³-hybridized carbons (Fsp3) is 0.190. The van der Waals surface area contributed by atoms with Crippen LogP contribution >= 0.6 is 0 Å². The second kappa shape index (κ2) is 7.56. The van der Waals surface area contributed by atoms with Crippen LogP contribution in [0.3, 0.4) is 0 Å². The van der Waals surface area contributed by atoms with Gasteiger partial charge in [-0.25, -0.2) is 0 Å². The molecule has 0 radical (unpaired) electrons. The summed E-state index contributed by atoms with van der Waals surface area (Å²) >= 11 is 0. The standard InChI is InChI=1S/C21H19N3O4/c1-23(12-16-11-17(22-28-16)15-7-3-2-4-8-15)20(25)13-24-18-9-5-6-10-19(18)27-14-21(24)26/h2-11H,12-14H2,1H3.